The highest BCUT2D eigenvalue weighted by molar-refractivity contribution is 6.30. The zero-order valence-electron chi connectivity index (χ0n) is 15.9. The number of fused-ring (bicyclic) bond motifs is 1. The van der Waals surface area contributed by atoms with E-state index in [1.807, 2.05) is 18.2 Å². The third-order valence-electron chi connectivity index (χ3n) is 5.26. The minimum absolute atomic E-state index is 0.0645. The summed E-state index contributed by atoms with van der Waals surface area (Å²) in [5.74, 6) is -0.180. The summed E-state index contributed by atoms with van der Waals surface area (Å²) in [4.78, 5) is 43.5. The molecule has 5 rings (SSSR count). The van der Waals surface area contributed by atoms with Crippen LogP contribution in [0.5, 0.6) is 0 Å². The molecule has 0 saturated heterocycles. The lowest BCUT2D eigenvalue weighted by Crippen LogP contribution is -2.39. The molecule has 1 aliphatic carbocycles. The molecular formula is C22H17ClN4O3. The molecule has 0 atom stereocenters. The molecule has 1 saturated carbocycles. The highest BCUT2D eigenvalue weighted by Crippen LogP contribution is 2.32. The van der Waals surface area contributed by atoms with Gasteiger partial charge in [-0.2, -0.15) is 0 Å². The van der Waals surface area contributed by atoms with Crippen molar-refractivity contribution in [2.24, 2.45) is 0 Å². The Hall–Kier alpha value is -3.45. The Morgan fingerprint density at radius 1 is 1.03 bits per heavy atom. The summed E-state index contributed by atoms with van der Waals surface area (Å²) >= 11 is 5.90. The number of halogens is 1. The van der Waals surface area contributed by atoms with Crippen LogP contribution in [0, 0.1) is 0 Å². The summed E-state index contributed by atoms with van der Waals surface area (Å²) in [6, 6.07) is 15.6. The number of carbonyl (C=O) groups is 1. The zero-order valence-corrected chi connectivity index (χ0v) is 16.6. The molecule has 0 amide bonds. The molecule has 0 radical (unpaired) electrons. The van der Waals surface area contributed by atoms with Gasteiger partial charge in [-0.15, -0.1) is 0 Å². The van der Waals surface area contributed by atoms with E-state index < -0.39 is 11.2 Å². The van der Waals surface area contributed by atoms with Crippen molar-refractivity contribution in [2.45, 2.75) is 25.4 Å². The lowest BCUT2D eigenvalue weighted by Gasteiger charge is -2.12. The Labute approximate surface area is 175 Å². The first-order valence-corrected chi connectivity index (χ1v) is 9.99. The van der Waals surface area contributed by atoms with Gasteiger partial charge in [0.1, 0.15) is 0 Å². The number of para-hydroxylation sites is 1. The van der Waals surface area contributed by atoms with Crippen molar-refractivity contribution < 1.29 is 4.79 Å². The highest BCUT2D eigenvalue weighted by atomic mass is 35.5. The number of aromatic nitrogens is 4. The topological polar surface area (TPSA) is 78.9 Å². The van der Waals surface area contributed by atoms with Gasteiger partial charge in [0, 0.05) is 16.6 Å². The van der Waals surface area contributed by atoms with Crippen molar-refractivity contribution in [1.82, 2.24) is 18.7 Å². The van der Waals surface area contributed by atoms with Crippen molar-refractivity contribution in [2.75, 3.05) is 0 Å². The second kappa shape index (κ2) is 7.11. The molecule has 0 N–H and O–H groups in total. The molecule has 4 aromatic rings. The number of carbonyl (C=O) groups excluding carboxylic acids is 1. The van der Waals surface area contributed by atoms with Gasteiger partial charge in [0.25, 0.3) is 5.56 Å². The smallest absolute Gasteiger partial charge is 0.317 e. The van der Waals surface area contributed by atoms with Gasteiger partial charge in [-0.3, -0.25) is 14.2 Å². The lowest BCUT2D eigenvalue weighted by molar-refractivity contribution is 0.0973. The molecule has 7 nitrogen and oxygen atoms in total. The van der Waals surface area contributed by atoms with Crippen LogP contribution in [0.3, 0.4) is 0 Å². The Morgan fingerprint density at radius 2 is 1.73 bits per heavy atom. The van der Waals surface area contributed by atoms with Crippen molar-refractivity contribution >= 4 is 28.5 Å². The zero-order chi connectivity index (χ0) is 20.8. The maximum atomic E-state index is 13.2. The predicted molar refractivity (Wildman–Crippen MR) is 114 cm³/mol. The molecule has 0 bridgehead atoms. The average Bonchev–Trinajstić information content (AvgIpc) is 3.49. The maximum Gasteiger partial charge on any atom is 0.337 e. The van der Waals surface area contributed by atoms with Gasteiger partial charge in [-0.05, 0) is 49.2 Å². The van der Waals surface area contributed by atoms with E-state index in [4.69, 9.17) is 11.6 Å². The van der Waals surface area contributed by atoms with E-state index >= 15 is 0 Å². The van der Waals surface area contributed by atoms with Crippen LogP contribution in [0.2, 0.25) is 5.02 Å². The van der Waals surface area contributed by atoms with Crippen LogP contribution in [-0.4, -0.2) is 24.5 Å². The van der Waals surface area contributed by atoms with E-state index in [0.29, 0.717) is 16.3 Å². The molecule has 150 valence electrons. The van der Waals surface area contributed by atoms with Gasteiger partial charge in [0.2, 0.25) is 0 Å². The standard InChI is InChI=1S/C22H17ClN4O3/c23-15-8-6-14(7-9-15)18(28)12-25-13-24-20-19(25)21(29)27(17-10-11-17)22(30)26(20)16-4-2-1-3-5-16/h1-9,13,17H,10-12H2. The Morgan fingerprint density at radius 3 is 2.40 bits per heavy atom. The summed E-state index contributed by atoms with van der Waals surface area (Å²) in [7, 11) is 0. The van der Waals surface area contributed by atoms with Crippen LogP contribution in [0.1, 0.15) is 29.2 Å². The summed E-state index contributed by atoms with van der Waals surface area (Å²) in [5, 5.41) is 0.541. The van der Waals surface area contributed by atoms with E-state index in [1.54, 1.807) is 36.4 Å². The fourth-order valence-electron chi connectivity index (χ4n) is 3.62. The molecule has 2 aromatic heterocycles. The molecule has 2 heterocycles. The Bertz CT molecular complexity index is 1380. The number of nitrogens with zero attached hydrogens (tertiary/aromatic N) is 4. The maximum absolute atomic E-state index is 13.2. The van der Waals surface area contributed by atoms with Crippen LogP contribution >= 0.6 is 11.6 Å². The van der Waals surface area contributed by atoms with Gasteiger partial charge in [0.05, 0.1) is 18.6 Å². The molecule has 0 unspecified atom stereocenters. The van der Waals surface area contributed by atoms with Crippen molar-refractivity contribution in [3.63, 3.8) is 0 Å². The van der Waals surface area contributed by atoms with Gasteiger partial charge < -0.3 is 4.57 Å². The number of rotatable bonds is 5. The first kappa shape index (κ1) is 18.6. The molecule has 1 fully saturated rings. The normalized spacial score (nSPS) is 13.6. The first-order valence-electron chi connectivity index (χ1n) is 9.61. The fraction of sp³-hybridized carbons (Fsp3) is 0.182. The van der Waals surface area contributed by atoms with Gasteiger partial charge in [-0.25, -0.2) is 14.3 Å². The highest BCUT2D eigenvalue weighted by Gasteiger charge is 2.30. The third-order valence-corrected chi connectivity index (χ3v) is 5.51. The van der Waals surface area contributed by atoms with Crippen molar-refractivity contribution in [3.8, 4) is 5.69 Å². The van der Waals surface area contributed by atoms with E-state index in [2.05, 4.69) is 4.98 Å². The monoisotopic (exact) mass is 420 g/mol. The summed E-state index contributed by atoms with van der Waals surface area (Å²) in [5.41, 5.74) is 0.780. The van der Waals surface area contributed by atoms with Gasteiger partial charge in [0.15, 0.2) is 16.9 Å². The SMILES string of the molecule is O=C(Cn1cnc2c1c(=O)n(C1CC1)c(=O)n2-c1ccccc1)c1ccc(Cl)cc1. The number of imidazole rings is 1. The molecule has 0 aliphatic heterocycles. The van der Waals surface area contributed by atoms with E-state index in [-0.39, 0.29) is 29.5 Å². The molecule has 1 aliphatic rings. The molecule has 30 heavy (non-hydrogen) atoms. The van der Waals surface area contributed by atoms with Gasteiger partial charge in [-0.1, -0.05) is 29.8 Å². The number of Topliss-reactive ketones (excluding diaryl/α,β-unsaturated/α-hetero) is 1. The second-order valence-corrected chi connectivity index (χ2v) is 7.77. The lowest BCUT2D eigenvalue weighted by atomic mass is 10.1. The van der Waals surface area contributed by atoms with Crippen LogP contribution in [0.4, 0.5) is 0 Å². The molecule has 0 spiro atoms. The van der Waals surface area contributed by atoms with Crippen LogP contribution in [0.15, 0.2) is 70.5 Å². The minimum atomic E-state index is -0.411. The second-order valence-electron chi connectivity index (χ2n) is 7.33. The number of ketones is 1. The Balaban J connectivity index is 1.69. The fourth-order valence-corrected chi connectivity index (χ4v) is 3.75. The number of benzene rings is 2. The summed E-state index contributed by atoms with van der Waals surface area (Å²) in [6.07, 6.45) is 3.01. The van der Waals surface area contributed by atoms with Gasteiger partial charge >= 0.3 is 5.69 Å². The molecule has 2 aromatic carbocycles. The Kier molecular flexibility index (Phi) is 4.40. The van der Waals surface area contributed by atoms with Crippen molar-refractivity contribution in [3.05, 3.63) is 92.3 Å². The predicted octanol–water partition coefficient (Wildman–Crippen LogP) is 3.22. The quantitative estimate of drug-likeness (QED) is 0.464. The third kappa shape index (κ3) is 3.07. The first-order chi connectivity index (χ1) is 14.5. The molecule has 8 heteroatoms. The number of hydrogen-bond acceptors (Lipinski definition) is 4. The summed E-state index contributed by atoms with van der Waals surface area (Å²) in [6.45, 7) is -0.0645. The van der Waals surface area contributed by atoms with E-state index in [9.17, 15) is 14.4 Å². The largest absolute Gasteiger partial charge is 0.337 e. The van der Waals surface area contributed by atoms with Crippen LogP contribution in [-0.2, 0) is 6.54 Å². The summed E-state index contributed by atoms with van der Waals surface area (Å²) < 4.78 is 4.25. The van der Waals surface area contributed by atoms with Crippen molar-refractivity contribution in [1.29, 1.82) is 0 Å². The van der Waals surface area contributed by atoms with Crippen LogP contribution < -0.4 is 11.2 Å². The minimum Gasteiger partial charge on any atom is -0.317 e. The average molecular weight is 421 g/mol. The number of hydrogen-bond donors (Lipinski definition) is 0. The molecular weight excluding hydrogens is 404 g/mol. The van der Waals surface area contributed by atoms with E-state index in [0.717, 1.165) is 12.8 Å². The van der Waals surface area contributed by atoms with E-state index in [1.165, 1.54) is 20.0 Å². The van der Waals surface area contributed by atoms with Crippen LogP contribution in [0.25, 0.3) is 16.9 Å².